The summed E-state index contributed by atoms with van der Waals surface area (Å²) in [6.07, 6.45) is -0.166. The van der Waals surface area contributed by atoms with E-state index in [2.05, 4.69) is 16.9 Å². The minimum atomic E-state index is -3.01. The maximum Gasteiger partial charge on any atom is 0.301 e. The van der Waals surface area contributed by atoms with Gasteiger partial charge in [-0.05, 0) is 26.7 Å². The van der Waals surface area contributed by atoms with Crippen LogP contribution < -0.4 is 16.6 Å². The molecule has 1 aromatic rings. The molecule has 0 spiro atoms. The zero-order chi connectivity index (χ0) is 18.5. The van der Waals surface area contributed by atoms with Gasteiger partial charge < -0.3 is 5.32 Å². The van der Waals surface area contributed by atoms with Crippen molar-refractivity contribution in [2.45, 2.75) is 38.7 Å². The first-order chi connectivity index (χ1) is 11.1. The predicted molar refractivity (Wildman–Crippen MR) is 84.6 cm³/mol. The summed E-state index contributed by atoms with van der Waals surface area (Å²) < 4.78 is 26.5. The summed E-state index contributed by atoms with van der Waals surface area (Å²) in [7, 11) is 0. The van der Waals surface area contributed by atoms with Crippen LogP contribution in [-0.2, 0) is 0 Å². The highest BCUT2D eigenvalue weighted by Crippen LogP contribution is 2.33. The number of pyridine rings is 1. The van der Waals surface area contributed by atoms with Gasteiger partial charge in [-0.2, -0.15) is 0 Å². The first kappa shape index (κ1) is 19.4. The van der Waals surface area contributed by atoms with Crippen LogP contribution in [0.4, 0.5) is 20.3 Å². The first-order valence-corrected chi connectivity index (χ1v) is 7.00. The number of carbonyl (C=O) groups excluding carboxylic acids is 1. The average molecular weight is 343 g/mol. The molecule has 0 unspecified atom stereocenters. The molecule has 8 nitrogen and oxygen atoms in total. The van der Waals surface area contributed by atoms with Crippen LogP contribution in [0.2, 0.25) is 0 Å². The number of alkyl halides is 2. The molecular weight excluding hydrogens is 324 g/mol. The standard InChI is InChI=1S/C14H19F2N5O3/c1-4-5-6-14(2,3)19-12-8(11(15)16)7-9(21(23)24)10(18-12)13(22)20-17/h4,7,11H,1,5-6,17H2,2-3H3,(H,18,19)(H,20,22). The van der Waals surface area contributed by atoms with Crippen LogP contribution in [-0.4, -0.2) is 21.4 Å². The van der Waals surface area contributed by atoms with Crippen molar-refractivity contribution in [2.75, 3.05) is 5.32 Å². The van der Waals surface area contributed by atoms with E-state index in [-0.39, 0.29) is 5.82 Å². The van der Waals surface area contributed by atoms with Crippen LogP contribution >= 0.6 is 0 Å². The van der Waals surface area contributed by atoms with Gasteiger partial charge >= 0.3 is 5.69 Å². The Kier molecular flexibility index (Phi) is 6.29. The molecule has 0 aliphatic rings. The molecule has 0 saturated carbocycles. The first-order valence-electron chi connectivity index (χ1n) is 7.00. The van der Waals surface area contributed by atoms with Gasteiger partial charge in [-0.1, -0.05) is 6.08 Å². The van der Waals surface area contributed by atoms with E-state index < -0.39 is 39.7 Å². The van der Waals surface area contributed by atoms with Crippen LogP contribution in [0.25, 0.3) is 0 Å². The molecule has 0 fully saturated rings. The zero-order valence-electron chi connectivity index (χ0n) is 13.3. The lowest BCUT2D eigenvalue weighted by Gasteiger charge is -2.27. The number of nitrogens with one attached hydrogen (secondary N) is 2. The number of nitrogen functional groups attached to an aromatic ring is 1. The van der Waals surface area contributed by atoms with Crippen molar-refractivity contribution in [3.63, 3.8) is 0 Å². The summed E-state index contributed by atoms with van der Waals surface area (Å²) in [5.74, 6) is 3.62. The Labute approximate surface area is 137 Å². The van der Waals surface area contributed by atoms with Crippen molar-refractivity contribution in [2.24, 2.45) is 5.84 Å². The molecule has 0 saturated heterocycles. The molecule has 0 aliphatic carbocycles. The van der Waals surface area contributed by atoms with Crippen molar-refractivity contribution < 1.29 is 18.5 Å². The molecule has 10 heteroatoms. The van der Waals surface area contributed by atoms with E-state index in [1.165, 1.54) is 0 Å². The molecule has 1 aromatic heterocycles. The monoisotopic (exact) mass is 343 g/mol. The second kappa shape index (κ2) is 7.77. The van der Waals surface area contributed by atoms with E-state index in [4.69, 9.17) is 5.84 Å². The highest BCUT2D eigenvalue weighted by Gasteiger charge is 2.30. The van der Waals surface area contributed by atoms with Crippen LogP contribution in [0.3, 0.4) is 0 Å². The molecule has 0 radical (unpaired) electrons. The van der Waals surface area contributed by atoms with Crippen molar-refractivity contribution in [1.29, 1.82) is 0 Å². The lowest BCUT2D eigenvalue weighted by Crippen LogP contribution is -2.34. The van der Waals surface area contributed by atoms with Crippen molar-refractivity contribution in [3.05, 3.63) is 40.1 Å². The topological polar surface area (TPSA) is 123 Å². The van der Waals surface area contributed by atoms with Crippen molar-refractivity contribution >= 4 is 17.4 Å². The Morgan fingerprint density at radius 3 is 2.67 bits per heavy atom. The Morgan fingerprint density at radius 1 is 1.58 bits per heavy atom. The van der Waals surface area contributed by atoms with Crippen molar-refractivity contribution in [1.82, 2.24) is 10.4 Å². The molecule has 4 N–H and O–H groups in total. The van der Waals surface area contributed by atoms with Crippen LogP contribution in [0.1, 0.15) is 49.2 Å². The summed E-state index contributed by atoms with van der Waals surface area (Å²) in [4.78, 5) is 25.5. The lowest BCUT2D eigenvalue weighted by atomic mass is 9.98. The normalized spacial score (nSPS) is 11.2. The van der Waals surface area contributed by atoms with Gasteiger partial charge in [0.05, 0.1) is 10.5 Å². The van der Waals surface area contributed by atoms with Gasteiger partial charge in [0.2, 0.25) is 5.69 Å². The minimum absolute atomic E-state index is 0.303. The van der Waals surface area contributed by atoms with E-state index >= 15 is 0 Å². The number of hydrogen-bond donors (Lipinski definition) is 3. The van der Waals surface area contributed by atoms with Crippen LogP contribution in [0.5, 0.6) is 0 Å². The minimum Gasteiger partial charge on any atom is -0.365 e. The molecule has 0 aromatic carbocycles. The summed E-state index contributed by atoms with van der Waals surface area (Å²) >= 11 is 0. The zero-order valence-corrected chi connectivity index (χ0v) is 13.3. The number of rotatable bonds is 8. The second-order valence-electron chi connectivity index (χ2n) is 5.66. The molecule has 132 valence electrons. The summed E-state index contributed by atoms with van der Waals surface area (Å²) in [6, 6.07) is 0.633. The SMILES string of the molecule is C=CCCC(C)(C)Nc1nc(C(=O)NN)c([N+](=O)[O-])cc1C(F)F. The molecule has 1 rings (SSSR count). The van der Waals surface area contributed by atoms with Gasteiger partial charge in [0.25, 0.3) is 12.3 Å². The van der Waals surface area contributed by atoms with Gasteiger partial charge in [0, 0.05) is 11.6 Å². The number of carbonyl (C=O) groups is 1. The number of allylic oxidation sites excluding steroid dienone is 1. The van der Waals surface area contributed by atoms with Crippen molar-refractivity contribution in [3.8, 4) is 0 Å². The molecule has 1 amide bonds. The molecule has 0 atom stereocenters. The van der Waals surface area contributed by atoms with E-state index in [9.17, 15) is 23.7 Å². The van der Waals surface area contributed by atoms with E-state index in [1.54, 1.807) is 25.3 Å². The maximum atomic E-state index is 13.3. The van der Waals surface area contributed by atoms with Gasteiger partial charge in [-0.3, -0.25) is 20.3 Å². The Hall–Kier alpha value is -2.62. The largest absolute Gasteiger partial charge is 0.365 e. The number of hydrazine groups is 1. The van der Waals surface area contributed by atoms with E-state index in [0.717, 1.165) is 0 Å². The second-order valence-corrected chi connectivity index (χ2v) is 5.66. The smallest absolute Gasteiger partial charge is 0.301 e. The number of anilines is 1. The fourth-order valence-corrected chi connectivity index (χ4v) is 2.00. The average Bonchev–Trinajstić information content (AvgIpc) is 2.50. The van der Waals surface area contributed by atoms with Crippen LogP contribution in [0, 0.1) is 10.1 Å². The third-order valence-corrected chi connectivity index (χ3v) is 3.24. The predicted octanol–water partition coefficient (Wildman–Crippen LogP) is 2.69. The quantitative estimate of drug-likeness (QED) is 0.219. The summed E-state index contributed by atoms with van der Waals surface area (Å²) in [6.45, 7) is 7.09. The highest BCUT2D eigenvalue weighted by atomic mass is 19.3. The number of nitrogens with zero attached hydrogens (tertiary/aromatic N) is 2. The number of nitro groups is 1. The molecular formula is C14H19F2N5O3. The van der Waals surface area contributed by atoms with Gasteiger partial charge in [0.15, 0.2) is 0 Å². The van der Waals surface area contributed by atoms with Gasteiger partial charge in [-0.25, -0.2) is 19.6 Å². The van der Waals surface area contributed by atoms with Gasteiger partial charge in [-0.15, -0.1) is 6.58 Å². The van der Waals surface area contributed by atoms with Crippen LogP contribution in [0.15, 0.2) is 18.7 Å². The fraction of sp³-hybridized carbons (Fsp3) is 0.429. The highest BCUT2D eigenvalue weighted by molar-refractivity contribution is 5.96. The number of halogens is 2. The molecule has 24 heavy (non-hydrogen) atoms. The Bertz CT molecular complexity index is 650. The number of hydrogen-bond acceptors (Lipinski definition) is 6. The lowest BCUT2D eigenvalue weighted by molar-refractivity contribution is -0.385. The Balaban J connectivity index is 3.43. The molecule has 1 heterocycles. The van der Waals surface area contributed by atoms with E-state index in [1.807, 2.05) is 0 Å². The summed E-state index contributed by atoms with van der Waals surface area (Å²) in [5.41, 5.74) is -1.09. The van der Waals surface area contributed by atoms with E-state index in [0.29, 0.717) is 18.9 Å². The summed E-state index contributed by atoms with van der Waals surface area (Å²) in [5, 5.41) is 13.8. The fourth-order valence-electron chi connectivity index (χ4n) is 2.00. The van der Waals surface area contributed by atoms with Gasteiger partial charge in [0.1, 0.15) is 5.82 Å². The maximum absolute atomic E-state index is 13.3. The molecule has 0 bridgehead atoms. The third-order valence-electron chi connectivity index (χ3n) is 3.24. The number of aromatic nitrogens is 1. The molecule has 0 aliphatic heterocycles. The third kappa shape index (κ3) is 4.69. The number of nitrogens with two attached hydrogens (primary N) is 1. The number of amides is 1. The Morgan fingerprint density at radius 2 is 2.21 bits per heavy atom.